The molecule has 0 saturated heterocycles. The maximum absolute atomic E-state index is 13.0. The number of nitrogens with one attached hydrogen (secondary N) is 4. The lowest BCUT2D eigenvalue weighted by molar-refractivity contribution is -0.137. The molecule has 0 spiro atoms. The second-order valence-electron chi connectivity index (χ2n) is 8.64. The van der Waals surface area contributed by atoms with E-state index in [4.69, 9.17) is 16.3 Å². The molecule has 0 aliphatic carbocycles. The van der Waals surface area contributed by atoms with E-state index in [1.165, 1.54) is 72.9 Å². The minimum absolute atomic E-state index is 0.0499. The average molecular weight is 612 g/mol. The molecule has 5 N–H and O–H groups in total. The Morgan fingerprint density at radius 3 is 2.21 bits per heavy atom. The van der Waals surface area contributed by atoms with Gasteiger partial charge in [-0.05, 0) is 72.3 Å². The summed E-state index contributed by atoms with van der Waals surface area (Å²) in [5.41, 5.74) is 4.22. The standard InChI is InChI=1S/C29H21ClF3N5O5/c30-24-11-6-19(15-23(24)29(31,32)33)36-28(42)35-18-4-9-21(10-5-18)43-22-13-14-34-25(16-22)27(41)38-37-26(40)12-3-17-1-7-20(39)8-2-17/h1-16,39H,(H,37,40)(H,38,41)(H2,35,36,42). The zero-order valence-corrected chi connectivity index (χ0v) is 22.5. The van der Waals surface area contributed by atoms with Gasteiger partial charge in [0.1, 0.15) is 22.9 Å². The number of benzene rings is 3. The predicted octanol–water partition coefficient (Wildman–Crippen LogP) is 6.37. The van der Waals surface area contributed by atoms with Gasteiger partial charge in [-0.25, -0.2) is 4.79 Å². The number of phenols is 1. The molecule has 0 saturated carbocycles. The number of nitrogens with zero attached hydrogens (tertiary/aromatic N) is 1. The molecule has 4 amide bonds. The van der Waals surface area contributed by atoms with E-state index in [1.807, 2.05) is 0 Å². The van der Waals surface area contributed by atoms with E-state index in [2.05, 4.69) is 26.5 Å². The van der Waals surface area contributed by atoms with Crippen molar-refractivity contribution in [3.05, 3.63) is 113 Å². The van der Waals surface area contributed by atoms with Gasteiger partial charge < -0.3 is 20.5 Å². The highest BCUT2D eigenvalue weighted by atomic mass is 35.5. The maximum atomic E-state index is 13.0. The number of hydrogen-bond donors (Lipinski definition) is 5. The number of aromatic nitrogens is 1. The number of phenolic OH excluding ortho intramolecular Hbond substituents is 1. The van der Waals surface area contributed by atoms with Gasteiger partial charge in [0, 0.05) is 29.7 Å². The van der Waals surface area contributed by atoms with Crippen LogP contribution in [-0.2, 0) is 11.0 Å². The minimum Gasteiger partial charge on any atom is -0.508 e. The number of ether oxygens (including phenoxy) is 1. The van der Waals surface area contributed by atoms with Gasteiger partial charge >= 0.3 is 12.2 Å². The lowest BCUT2D eigenvalue weighted by Crippen LogP contribution is -2.41. The van der Waals surface area contributed by atoms with Crippen LogP contribution in [0.4, 0.5) is 29.3 Å². The molecule has 10 nitrogen and oxygen atoms in total. The molecule has 4 rings (SSSR count). The third-order valence-corrected chi connectivity index (χ3v) is 5.79. The summed E-state index contributed by atoms with van der Waals surface area (Å²) in [6.45, 7) is 0. The van der Waals surface area contributed by atoms with Crippen LogP contribution in [0.2, 0.25) is 5.02 Å². The van der Waals surface area contributed by atoms with Crippen molar-refractivity contribution in [2.75, 3.05) is 10.6 Å². The third kappa shape index (κ3) is 8.96. The SMILES string of the molecule is O=C(C=Cc1ccc(O)cc1)NNC(=O)c1cc(Oc2ccc(NC(=O)Nc3ccc(Cl)c(C(F)(F)F)c3)cc2)ccn1. The molecule has 1 heterocycles. The Hall–Kier alpha value is -5.56. The lowest BCUT2D eigenvalue weighted by Gasteiger charge is -2.12. The summed E-state index contributed by atoms with van der Waals surface area (Å²) < 4.78 is 44.9. The molecule has 1 aromatic heterocycles. The van der Waals surface area contributed by atoms with Crippen LogP contribution in [0.5, 0.6) is 17.2 Å². The quantitative estimate of drug-likeness (QED) is 0.121. The predicted molar refractivity (Wildman–Crippen MR) is 153 cm³/mol. The Morgan fingerprint density at radius 2 is 1.51 bits per heavy atom. The second-order valence-corrected chi connectivity index (χ2v) is 9.05. The molecule has 14 heteroatoms. The molecule has 43 heavy (non-hydrogen) atoms. The molecule has 220 valence electrons. The number of carbonyl (C=O) groups excluding carboxylic acids is 3. The molecular formula is C29H21ClF3N5O5. The van der Waals surface area contributed by atoms with Crippen molar-refractivity contribution < 1.29 is 37.4 Å². The fraction of sp³-hybridized carbons (Fsp3) is 0.0345. The summed E-state index contributed by atoms with van der Waals surface area (Å²) in [5, 5.41) is 13.6. The van der Waals surface area contributed by atoms with Crippen LogP contribution >= 0.6 is 11.6 Å². The Balaban J connectivity index is 1.29. The molecule has 4 aromatic rings. The first kappa shape index (κ1) is 30.4. The molecule has 0 fully saturated rings. The molecule has 0 bridgehead atoms. The molecule has 0 unspecified atom stereocenters. The van der Waals surface area contributed by atoms with Crippen LogP contribution < -0.4 is 26.2 Å². The fourth-order valence-corrected chi connectivity index (χ4v) is 3.66. The largest absolute Gasteiger partial charge is 0.508 e. The van der Waals surface area contributed by atoms with Gasteiger partial charge in [-0.1, -0.05) is 23.7 Å². The van der Waals surface area contributed by atoms with Crippen molar-refractivity contribution in [3.63, 3.8) is 0 Å². The van der Waals surface area contributed by atoms with Crippen LogP contribution in [0.15, 0.2) is 91.1 Å². The molecule has 3 aromatic carbocycles. The zero-order valence-electron chi connectivity index (χ0n) is 21.8. The molecule has 0 aliphatic rings. The molecule has 0 aliphatic heterocycles. The monoisotopic (exact) mass is 611 g/mol. The Kier molecular flexibility index (Phi) is 9.47. The van der Waals surface area contributed by atoms with Gasteiger partial charge in [0.15, 0.2) is 0 Å². The summed E-state index contributed by atoms with van der Waals surface area (Å²) in [6.07, 6.45) is -0.654. The Bertz CT molecular complexity index is 1660. The average Bonchev–Trinajstić information content (AvgIpc) is 2.97. The number of anilines is 2. The third-order valence-electron chi connectivity index (χ3n) is 5.46. The van der Waals surface area contributed by atoms with E-state index >= 15 is 0 Å². The summed E-state index contributed by atoms with van der Waals surface area (Å²) in [7, 11) is 0. The number of urea groups is 1. The van der Waals surface area contributed by atoms with E-state index in [9.17, 15) is 32.7 Å². The number of halogens is 4. The van der Waals surface area contributed by atoms with Gasteiger partial charge in [0.2, 0.25) is 0 Å². The Morgan fingerprint density at radius 1 is 0.837 bits per heavy atom. The summed E-state index contributed by atoms with van der Waals surface area (Å²) in [4.78, 5) is 40.6. The van der Waals surface area contributed by atoms with Crippen molar-refractivity contribution in [1.82, 2.24) is 15.8 Å². The second kappa shape index (κ2) is 13.4. The highest BCUT2D eigenvalue weighted by Crippen LogP contribution is 2.36. The van der Waals surface area contributed by atoms with Gasteiger partial charge in [-0.2, -0.15) is 13.2 Å². The number of hydrazine groups is 1. The normalized spacial score (nSPS) is 11.1. The number of aromatic hydroxyl groups is 1. The van der Waals surface area contributed by atoms with Crippen LogP contribution in [-0.4, -0.2) is 27.9 Å². The van der Waals surface area contributed by atoms with Gasteiger partial charge in [-0.15, -0.1) is 0 Å². The van der Waals surface area contributed by atoms with Crippen molar-refractivity contribution in [2.24, 2.45) is 0 Å². The zero-order chi connectivity index (χ0) is 31.0. The highest BCUT2D eigenvalue weighted by Gasteiger charge is 2.33. The van der Waals surface area contributed by atoms with Crippen molar-refractivity contribution >= 4 is 46.9 Å². The minimum atomic E-state index is -4.68. The molecular weight excluding hydrogens is 591 g/mol. The van der Waals surface area contributed by atoms with E-state index in [0.717, 1.165) is 12.1 Å². The number of pyridine rings is 1. The lowest BCUT2D eigenvalue weighted by atomic mass is 10.2. The van der Waals surface area contributed by atoms with Gasteiger partial charge in [0.05, 0.1) is 10.6 Å². The topological polar surface area (TPSA) is 142 Å². The number of rotatable bonds is 7. The Labute approximate surface area is 247 Å². The van der Waals surface area contributed by atoms with Crippen LogP contribution in [0.1, 0.15) is 21.6 Å². The summed E-state index contributed by atoms with van der Waals surface area (Å²) in [5.74, 6) is -0.627. The van der Waals surface area contributed by atoms with Crippen LogP contribution in [0, 0.1) is 0 Å². The summed E-state index contributed by atoms with van der Waals surface area (Å²) >= 11 is 5.60. The number of hydrogen-bond acceptors (Lipinski definition) is 6. The number of amides is 4. The first-order valence-corrected chi connectivity index (χ1v) is 12.6. The van der Waals surface area contributed by atoms with E-state index in [1.54, 1.807) is 12.1 Å². The van der Waals surface area contributed by atoms with Crippen molar-refractivity contribution in [1.29, 1.82) is 0 Å². The smallest absolute Gasteiger partial charge is 0.417 e. The maximum Gasteiger partial charge on any atom is 0.417 e. The fourth-order valence-electron chi connectivity index (χ4n) is 3.44. The van der Waals surface area contributed by atoms with E-state index in [0.29, 0.717) is 17.0 Å². The molecule has 0 atom stereocenters. The van der Waals surface area contributed by atoms with E-state index < -0.39 is 34.6 Å². The number of carbonyl (C=O) groups is 3. The van der Waals surface area contributed by atoms with Gasteiger partial charge in [-0.3, -0.25) is 25.4 Å². The highest BCUT2D eigenvalue weighted by molar-refractivity contribution is 6.31. The summed E-state index contributed by atoms with van der Waals surface area (Å²) in [6, 6.07) is 17.2. The van der Waals surface area contributed by atoms with Crippen LogP contribution in [0.3, 0.4) is 0 Å². The van der Waals surface area contributed by atoms with Crippen molar-refractivity contribution in [2.45, 2.75) is 6.18 Å². The van der Waals surface area contributed by atoms with Crippen LogP contribution in [0.25, 0.3) is 6.08 Å². The first-order valence-electron chi connectivity index (χ1n) is 12.2. The van der Waals surface area contributed by atoms with Gasteiger partial charge in [0.25, 0.3) is 11.8 Å². The van der Waals surface area contributed by atoms with Crippen molar-refractivity contribution in [3.8, 4) is 17.2 Å². The van der Waals surface area contributed by atoms with E-state index in [-0.39, 0.29) is 22.9 Å². The number of alkyl halides is 3. The molecule has 0 radical (unpaired) electrons. The first-order chi connectivity index (χ1) is 20.5.